The Morgan fingerprint density at radius 1 is 0.857 bits per heavy atom. The number of hydrogen-bond donors (Lipinski definition) is 0. The van der Waals surface area contributed by atoms with Crippen molar-refractivity contribution in [2.45, 2.75) is 46.3 Å². The van der Waals surface area contributed by atoms with Crippen LogP contribution in [0.1, 0.15) is 33.6 Å². The third-order valence-corrected chi connectivity index (χ3v) is 2.23. The minimum Gasteiger partial charge on any atom is -0.115 e. The van der Waals surface area contributed by atoms with Gasteiger partial charge >= 0.3 is 0 Å². The first kappa shape index (κ1) is 13.3. The highest BCUT2D eigenvalue weighted by atomic mass is 13.8. The van der Waals surface area contributed by atoms with E-state index in [0.29, 0.717) is 0 Å². The molecule has 0 spiro atoms. The van der Waals surface area contributed by atoms with Crippen molar-refractivity contribution in [3.05, 3.63) is 36.4 Å². The summed E-state index contributed by atoms with van der Waals surface area (Å²) < 4.78 is 0. The van der Waals surface area contributed by atoms with Gasteiger partial charge in [-0.05, 0) is 6.92 Å². The molecule has 0 radical (unpaired) electrons. The van der Waals surface area contributed by atoms with Gasteiger partial charge in [-0.25, -0.2) is 0 Å². The Morgan fingerprint density at radius 3 is 1.93 bits per heavy atom. The van der Waals surface area contributed by atoms with Gasteiger partial charge in [0.05, 0.1) is 0 Å². The van der Waals surface area contributed by atoms with E-state index in [1.54, 1.807) is 0 Å². The van der Waals surface area contributed by atoms with Crippen molar-refractivity contribution in [3.63, 3.8) is 0 Å². The largest absolute Gasteiger partial charge is 0.166 e. The van der Waals surface area contributed by atoms with Gasteiger partial charge in [-0.2, -0.15) is 0 Å². The van der Waals surface area contributed by atoms with Crippen LogP contribution in [0.25, 0.3) is 0 Å². The molecule has 14 heavy (non-hydrogen) atoms. The fraction of sp³-hybridized carbons (Fsp3) is 0.538. The summed E-state index contributed by atoms with van der Waals surface area (Å²) in [5, 5.41) is 0. The molecule has 0 aliphatic carbocycles. The van der Waals surface area contributed by atoms with E-state index in [-0.39, 0.29) is 0 Å². The molecule has 0 amide bonds. The third kappa shape index (κ3) is 7.91. The molecule has 0 aliphatic heterocycles. The van der Waals surface area contributed by atoms with Gasteiger partial charge in [-0.3, -0.25) is 0 Å². The average molecular weight is 190 g/mol. The summed E-state index contributed by atoms with van der Waals surface area (Å²) in [6.07, 6.45) is 15.7. The maximum absolute atomic E-state index is 2.34. The fourth-order valence-electron chi connectivity index (χ4n) is 1.54. The van der Waals surface area contributed by atoms with Crippen LogP contribution in [0.15, 0.2) is 36.4 Å². The van der Waals surface area contributed by atoms with Crippen LogP contribution in [0.2, 0.25) is 12.6 Å². The standard InChI is InChI=1S/C13H23B/c1-4-7-8-9-10-13-14(11-5-2)12-6-3/h4,7-10,13H,5-6,11-12H2,1-3H3/b7-4-,9-8-,13-10+. The van der Waals surface area contributed by atoms with E-state index in [2.05, 4.69) is 44.1 Å². The molecular weight excluding hydrogens is 167 g/mol. The van der Waals surface area contributed by atoms with Crippen LogP contribution in [0.5, 0.6) is 0 Å². The van der Waals surface area contributed by atoms with Gasteiger partial charge in [0.15, 0.2) is 6.71 Å². The molecule has 0 N–H and O–H groups in total. The van der Waals surface area contributed by atoms with E-state index in [4.69, 9.17) is 0 Å². The highest BCUT2D eigenvalue weighted by Crippen LogP contribution is 2.07. The predicted molar refractivity (Wildman–Crippen MR) is 69.0 cm³/mol. The minimum atomic E-state index is 0.778. The molecule has 0 fully saturated rings. The zero-order valence-corrected chi connectivity index (χ0v) is 9.87. The van der Waals surface area contributed by atoms with Gasteiger partial charge in [0, 0.05) is 0 Å². The van der Waals surface area contributed by atoms with Crippen molar-refractivity contribution in [3.8, 4) is 0 Å². The third-order valence-electron chi connectivity index (χ3n) is 2.23. The van der Waals surface area contributed by atoms with Gasteiger partial charge in [0.25, 0.3) is 0 Å². The predicted octanol–water partition coefficient (Wildman–Crippen LogP) is 4.53. The molecule has 0 atom stereocenters. The van der Waals surface area contributed by atoms with Gasteiger partial charge in [-0.15, -0.1) is 5.98 Å². The average Bonchev–Trinajstić information content (AvgIpc) is 2.18. The first-order valence-electron chi connectivity index (χ1n) is 5.81. The Balaban J connectivity index is 3.87. The number of hydrogen-bond acceptors (Lipinski definition) is 0. The molecule has 0 aromatic carbocycles. The molecular formula is C13H23B. The first-order chi connectivity index (χ1) is 6.85. The molecule has 0 nitrogen and oxygen atoms in total. The Kier molecular flexibility index (Phi) is 9.84. The van der Waals surface area contributed by atoms with Crippen LogP contribution in [-0.2, 0) is 0 Å². The Morgan fingerprint density at radius 2 is 1.43 bits per heavy atom. The second-order valence-electron chi connectivity index (χ2n) is 3.63. The minimum absolute atomic E-state index is 0.778. The van der Waals surface area contributed by atoms with E-state index < -0.39 is 0 Å². The second kappa shape index (κ2) is 10.4. The monoisotopic (exact) mass is 190 g/mol. The normalized spacial score (nSPS) is 12.2. The van der Waals surface area contributed by atoms with E-state index in [9.17, 15) is 0 Å². The maximum atomic E-state index is 2.34. The molecule has 0 aromatic rings. The van der Waals surface area contributed by atoms with Gasteiger partial charge in [0.1, 0.15) is 0 Å². The Bertz CT molecular complexity index is 183. The lowest BCUT2D eigenvalue weighted by Gasteiger charge is -2.04. The summed E-state index contributed by atoms with van der Waals surface area (Å²) in [5.74, 6) is 2.34. The van der Waals surface area contributed by atoms with E-state index >= 15 is 0 Å². The second-order valence-corrected chi connectivity index (χ2v) is 3.63. The highest BCUT2D eigenvalue weighted by molar-refractivity contribution is 6.64. The van der Waals surface area contributed by atoms with E-state index in [1.165, 1.54) is 25.5 Å². The van der Waals surface area contributed by atoms with Gasteiger partial charge in [0.2, 0.25) is 0 Å². The van der Waals surface area contributed by atoms with E-state index in [1.807, 2.05) is 13.0 Å². The summed E-state index contributed by atoms with van der Waals surface area (Å²) in [6.45, 7) is 7.32. The first-order valence-corrected chi connectivity index (χ1v) is 5.81. The van der Waals surface area contributed by atoms with Crippen molar-refractivity contribution in [1.82, 2.24) is 0 Å². The zero-order chi connectivity index (χ0) is 10.6. The van der Waals surface area contributed by atoms with Gasteiger partial charge < -0.3 is 0 Å². The molecule has 78 valence electrons. The van der Waals surface area contributed by atoms with Crippen molar-refractivity contribution in [2.75, 3.05) is 0 Å². The molecule has 0 saturated heterocycles. The maximum Gasteiger partial charge on any atom is 0.166 e. The summed E-state index contributed by atoms with van der Waals surface area (Å²) in [6, 6.07) is 0. The van der Waals surface area contributed by atoms with Crippen LogP contribution in [0.3, 0.4) is 0 Å². The topological polar surface area (TPSA) is 0 Å². The quantitative estimate of drug-likeness (QED) is 0.408. The van der Waals surface area contributed by atoms with Crippen LogP contribution in [0.4, 0.5) is 0 Å². The van der Waals surface area contributed by atoms with Crippen molar-refractivity contribution >= 4 is 6.71 Å². The molecule has 0 aromatic heterocycles. The van der Waals surface area contributed by atoms with Crippen LogP contribution < -0.4 is 0 Å². The molecule has 0 unspecified atom stereocenters. The number of rotatable bonds is 7. The fourth-order valence-corrected chi connectivity index (χ4v) is 1.54. The van der Waals surface area contributed by atoms with E-state index in [0.717, 1.165) is 6.71 Å². The summed E-state index contributed by atoms with van der Waals surface area (Å²) in [7, 11) is 0. The van der Waals surface area contributed by atoms with Crippen LogP contribution >= 0.6 is 0 Å². The number of allylic oxidation sites excluding steroid dienone is 5. The summed E-state index contributed by atoms with van der Waals surface area (Å²) in [4.78, 5) is 0. The lowest BCUT2D eigenvalue weighted by atomic mass is 9.44. The molecule has 1 heteroatoms. The zero-order valence-electron chi connectivity index (χ0n) is 9.87. The molecule has 0 saturated carbocycles. The Hall–Kier alpha value is -0.715. The lowest BCUT2D eigenvalue weighted by Crippen LogP contribution is -2.07. The van der Waals surface area contributed by atoms with Crippen molar-refractivity contribution in [1.29, 1.82) is 0 Å². The smallest absolute Gasteiger partial charge is 0.115 e. The van der Waals surface area contributed by atoms with Crippen molar-refractivity contribution < 1.29 is 0 Å². The van der Waals surface area contributed by atoms with Crippen molar-refractivity contribution in [2.24, 2.45) is 0 Å². The highest BCUT2D eigenvalue weighted by Gasteiger charge is 2.05. The van der Waals surface area contributed by atoms with Crippen LogP contribution in [0, 0.1) is 0 Å². The SMILES string of the molecule is C\C=C/C=C\C=C\B(CCC)CCC. The lowest BCUT2D eigenvalue weighted by molar-refractivity contribution is 1.01. The van der Waals surface area contributed by atoms with Gasteiger partial charge in [-0.1, -0.05) is 69.7 Å². The molecule has 0 heterocycles. The Labute approximate surface area is 89.9 Å². The summed E-state index contributed by atoms with van der Waals surface area (Å²) >= 11 is 0. The molecule has 0 aliphatic rings. The molecule has 0 rings (SSSR count). The summed E-state index contributed by atoms with van der Waals surface area (Å²) in [5.41, 5.74) is 0. The molecule has 0 bridgehead atoms. The van der Waals surface area contributed by atoms with Crippen LogP contribution in [-0.4, -0.2) is 6.71 Å².